The molecule has 1 amide bonds. The van der Waals surface area contributed by atoms with Crippen molar-refractivity contribution < 1.29 is 22.7 Å². The molecule has 0 saturated carbocycles. The van der Waals surface area contributed by atoms with Crippen molar-refractivity contribution in [3.63, 3.8) is 0 Å². The smallest absolute Gasteiger partial charge is 0.349 e. The topological polar surface area (TPSA) is 92.8 Å². The number of nitrogens with one attached hydrogen (secondary N) is 1. The first-order valence-corrected chi connectivity index (χ1v) is 11.7. The maximum Gasteiger partial charge on any atom is 0.349 e. The molecule has 0 radical (unpaired) electrons. The summed E-state index contributed by atoms with van der Waals surface area (Å²) >= 11 is 6.81. The molecule has 0 unspecified atom stereocenters. The average Bonchev–Trinajstić information content (AvgIpc) is 3.25. The lowest BCUT2D eigenvalue weighted by Gasteiger charge is -2.24. The van der Waals surface area contributed by atoms with Gasteiger partial charge < -0.3 is 10.1 Å². The van der Waals surface area contributed by atoms with Crippen molar-refractivity contribution in [2.45, 2.75) is 11.8 Å². The van der Waals surface area contributed by atoms with Crippen molar-refractivity contribution in [2.24, 2.45) is 0 Å². The number of carbonyl (C=O) groups excluding carboxylic acids is 2. The minimum atomic E-state index is -4.24. The molecular formula is C21H19ClN2O5S2. The summed E-state index contributed by atoms with van der Waals surface area (Å²) in [6.07, 6.45) is 0. The van der Waals surface area contributed by atoms with Gasteiger partial charge in [-0.2, -0.15) is 0 Å². The third-order valence-corrected chi connectivity index (χ3v) is 7.40. The van der Waals surface area contributed by atoms with Gasteiger partial charge in [0.2, 0.25) is 5.91 Å². The van der Waals surface area contributed by atoms with Crippen molar-refractivity contribution in [1.82, 2.24) is 0 Å². The Bertz CT molecular complexity index is 1190. The number of benzene rings is 2. The number of halogens is 1. The van der Waals surface area contributed by atoms with E-state index in [4.69, 9.17) is 16.3 Å². The minimum absolute atomic E-state index is 0.0577. The minimum Gasteiger partial charge on any atom is -0.465 e. The van der Waals surface area contributed by atoms with Gasteiger partial charge in [-0.3, -0.25) is 9.10 Å². The molecule has 1 heterocycles. The summed E-state index contributed by atoms with van der Waals surface area (Å²) in [5.41, 5.74) is 1.69. The monoisotopic (exact) mass is 478 g/mol. The predicted molar refractivity (Wildman–Crippen MR) is 121 cm³/mol. The highest BCUT2D eigenvalue weighted by molar-refractivity contribution is 7.93. The molecule has 0 spiro atoms. The zero-order valence-electron chi connectivity index (χ0n) is 16.7. The molecule has 10 heteroatoms. The highest BCUT2D eigenvalue weighted by Crippen LogP contribution is 2.29. The van der Waals surface area contributed by atoms with E-state index in [1.54, 1.807) is 48.5 Å². The first kappa shape index (κ1) is 22.8. The number of esters is 1. The van der Waals surface area contributed by atoms with E-state index in [2.05, 4.69) is 5.32 Å². The van der Waals surface area contributed by atoms with Crippen molar-refractivity contribution in [2.75, 3.05) is 23.3 Å². The van der Waals surface area contributed by atoms with E-state index in [-0.39, 0.29) is 9.77 Å². The average molecular weight is 479 g/mol. The van der Waals surface area contributed by atoms with Crippen LogP contribution in [0.25, 0.3) is 0 Å². The molecule has 0 fully saturated rings. The number of aryl methyl sites for hydroxylation is 1. The summed E-state index contributed by atoms with van der Waals surface area (Å²) < 4.78 is 32.6. The zero-order chi connectivity index (χ0) is 22.6. The molecular weight excluding hydrogens is 460 g/mol. The lowest BCUT2D eigenvalue weighted by molar-refractivity contribution is -0.114. The van der Waals surface area contributed by atoms with Crippen LogP contribution in [-0.4, -0.2) is 33.9 Å². The van der Waals surface area contributed by atoms with Gasteiger partial charge in [0.25, 0.3) is 10.0 Å². The Morgan fingerprint density at radius 3 is 2.32 bits per heavy atom. The van der Waals surface area contributed by atoms with E-state index >= 15 is 0 Å². The lowest BCUT2D eigenvalue weighted by Crippen LogP contribution is -2.38. The Labute approximate surface area is 189 Å². The number of hydrogen-bond acceptors (Lipinski definition) is 6. The highest BCUT2D eigenvalue weighted by Gasteiger charge is 2.32. The van der Waals surface area contributed by atoms with Crippen LogP contribution in [0, 0.1) is 6.92 Å². The Balaban J connectivity index is 1.97. The van der Waals surface area contributed by atoms with E-state index in [0.29, 0.717) is 16.4 Å². The van der Waals surface area contributed by atoms with Gasteiger partial charge in [0, 0.05) is 10.7 Å². The zero-order valence-corrected chi connectivity index (χ0v) is 19.1. The number of ether oxygens (including phenoxy) is 1. The largest absolute Gasteiger partial charge is 0.465 e. The van der Waals surface area contributed by atoms with Gasteiger partial charge >= 0.3 is 5.97 Å². The molecule has 3 rings (SSSR count). The number of methoxy groups -OCH3 is 1. The van der Waals surface area contributed by atoms with Gasteiger partial charge in [-0.15, -0.1) is 11.3 Å². The van der Waals surface area contributed by atoms with Crippen LogP contribution in [0.1, 0.15) is 15.2 Å². The second-order valence-electron chi connectivity index (χ2n) is 6.51. The summed E-state index contributed by atoms with van der Waals surface area (Å²) in [5.74, 6) is -1.32. The molecule has 3 aromatic rings. The first-order valence-electron chi connectivity index (χ1n) is 9.03. The second kappa shape index (κ2) is 9.51. The number of thiophene rings is 1. The Kier molecular flexibility index (Phi) is 6.99. The van der Waals surface area contributed by atoms with Crippen molar-refractivity contribution in [3.8, 4) is 0 Å². The first-order chi connectivity index (χ1) is 14.7. The molecule has 0 bridgehead atoms. The summed E-state index contributed by atoms with van der Waals surface area (Å²) in [5, 5.41) is 4.65. The maximum absolute atomic E-state index is 13.5. The van der Waals surface area contributed by atoms with Crippen molar-refractivity contribution >= 4 is 56.2 Å². The van der Waals surface area contributed by atoms with Crippen LogP contribution in [0.2, 0.25) is 5.02 Å². The second-order valence-corrected chi connectivity index (χ2v) is 9.69. The van der Waals surface area contributed by atoms with Crippen LogP contribution in [0.15, 0.2) is 64.9 Å². The van der Waals surface area contributed by atoms with Crippen LogP contribution >= 0.6 is 22.9 Å². The fraction of sp³-hybridized carbons (Fsp3) is 0.143. The summed E-state index contributed by atoms with van der Waals surface area (Å²) in [7, 11) is -3.07. The maximum atomic E-state index is 13.5. The molecule has 0 aliphatic heterocycles. The predicted octanol–water partition coefficient (Wildman–Crippen LogP) is 4.33. The number of amides is 1. The normalized spacial score (nSPS) is 11.1. The van der Waals surface area contributed by atoms with E-state index in [1.807, 2.05) is 6.92 Å². The van der Waals surface area contributed by atoms with E-state index < -0.39 is 28.4 Å². The van der Waals surface area contributed by atoms with Crippen LogP contribution in [0.5, 0.6) is 0 Å². The molecule has 1 N–H and O–H groups in total. The number of sulfonamides is 1. The van der Waals surface area contributed by atoms with Gasteiger partial charge in [-0.1, -0.05) is 29.3 Å². The SMILES string of the molecule is COC(=O)c1sccc1S(=O)(=O)N(CC(=O)Nc1ccc(Cl)cc1)c1ccc(C)cc1. The summed E-state index contributed by atoms with van der Waals surface area (Å²) in [6.45, 7) is 1.37. The Hall–Kier alpha value is -2.88. The van der Waals surface area contributed by atoms with Gasteiger partial charge in [0.05, 0.1) is 12.8 Å². The molecule has 0 aliphatic rings. The van der Waals surface area contributed by atoms with E-state index in [9.17, 15) is 18.0 Å². The third-order valence-electron chi connectivity index (χ3n) is 4.31. The number of nitrogens with zero attached hydrogens (tertiary/aromatic N) is 1. The summed E-state index contributed by atoms with van der Waals surface area (Å²) in [4.78, 5) is 24.5. The van der Waals surface area contributed by atoms with Crippen molar-refractivity contribution in [1.29, 1.82) is 0 Å². The van der Waals surface area contributed by atoms with Crippen LogP contribution < -0.4 is 9.62 Å². The van der Waals surface area contributed by atoms with Crippen molar-refractivity contribution in [3.05, 3.63) is 75.4 Å². The highest BCUT2D eigenvalue weighted by atomic mass is 35.5. The molecule has 31 heavy (non-hydrogen) atoms. The third kappa shape index (κ3) is 5.25. The van der Waals surface area contributed by atoms with Gasteiger partial charge in [-0.25, -0.2) is 13.2 Å². The van der Waals surface area contributed by atoms with E-state index in [1.165, 1.54) is 18.6 Å². The quantitative estimate of drug-likeness (QED) is 0.510. The lowest BCUT2D eigenvalue weighted by atomic mass is 10.2. The number of rotatable bonds is 7. The molecule has 7 nitrogen and oxygen atoms in total. The van der Waals surface area contributed by atoms with Crippen LogP contribution in [0.3, 0.4) is 0 Å². The van der Waals surface area contributed by atoms with E-state index in [0.717, 1.165) is 21.2 Å². The Morgan fingerprint density at radius 1 is 1.06 bits per heavy atom. The molecule has 0 aliphatic carbocycles. The molecule has 1 aromatic heterocycles. The molecule has 0 saturated heterocycles. The fourth-order valence-corrected chi connectivity index (χ4v) is 5.61. The van der Waals surface area contributed by atoms with Gasteiger partial charge in [0.15, 0.2) is 0 Å². The Morgan fingerprint density at radius 2 is 1.71 bits per heavy atom. The molecule has 0 atom stereocenters. The fourth-order valence-electron chi connectivity index (χ4n) is 2.75. The number of hydrogen-bond donors (Lipinski definition) is 1. The van der Waals surface area contributed by atoms with Crippen LogP contribution in [0.4, 0.5) is 11.4 Å². The number of carbonyl (C=O) groups is 2. The standard InChI is InChI=1S/C21H19ClN2O5S2/c1-14-3-9-17(10-4-14)24(13-19(25)23-16-7-5-15(22)6-8-16)31(27,28)18-11-12-30-20(18)21(26)29-2/h3-12H,13H2,1-2H3,(H,23,25). The summed E-state index contributed by atoms with van der Waals surface area (Å²) in [6, 6.07) is 14.5. The van der Waals surface area contributed by atoms with Gasteiger partial charge in [0.1, 0.15) is 16.3 Å². The van der Waals surface area contributed by atoms with Crippen LogP contribution in [-0.2, 0) is 19.6 Å². The molecule has 2 aromatic carbocycles. The number of anilines is 2. The van der Waals surface area contributed by atoms with Gasteiger partial charge in [-0.05, 0) is 54.8 Å². The molecule has 162 valence electrons.